The molecule has 3 aliphatic rings. The molecule has 1 spiro atoms. The van der Waals surface area contributed by atoms with Gasteiger partial charge in [-0.3, -0.25) is 4.79 Å². The van der Waals surface area contributed by atoms with Crippen LogP contribution in [-0.2, 0) is 4.79 Å². The molecular weight excluding hydrogens is 260 g/mol. The molecule has 2 aliphatic heterocycles. The zero-order valence-electron chi connectivity index (χ0n) is 13.9. The van der Waals surface area contributed by atoms with E-state index in [2.05, 4.69) is 42.8 Å². The highest BCUT2D eigenvalue weighted by Gasteiger charge is 2.55. The molecule has 1 unspecified atom stereocenters. The quantitative estimate of drug-likeness (QED) is 0.796. The van der Waals surface area contributed by atoms with E-state index in [1.54, 1.807) is 0 Å². The van der Waals surface area contributed by atoms with E-state index in [1.165, 1.54) is 38.8 Å². The molecule has 3 rings (SSSR count). The smallest absolute Gasteiger partial charge is 0.223 e. The SMILES string of the molecule is CC(C)(C)CC(=O)N1CCC2(CC1)CC2CN1C=CCC1. The Balaban J connectivity index is 1.45. The van der Waals surface area contributed by atoms with Gasteiger partial charge in [0.05, 0.1) is 0 Å². The van der Waals surface area contributed by atoms with Gasteiger partial charge in [-0.15, -0.1) is 0 Å². The van der Waals surface area contributed by atoms with Gasteiger partial charge in [0.1, 0.15) is 0 Å². The maximum atomic E-state index is 12.3. The highest BCUT2D eigenvalue weighted by Crippen LogP contribution is 2.59. The van der Waals surface area contributed by atoms with Gasteiger partial charge in [-0.25, -0.2) is 0 Å². The van der Waals surface area contributed by atoms with Gasteiger partial charge in [0.2, 0.25) is 5.91 Å². The summed E-state index contributed by atoms with van der Waals surface area (Å²) in [5, 5.41) is 0. The van der Waals surface area contributed by atoms with Crippen molar-refractivity contribution in [3.8, 4) is 0 Å². The van der Waals surface area contributed by atoms with E-state index < -0.39 is 0 Å². The average molecular weight is 290 g/mol. The molecule has 21 heavy (non-hydrogen) atoms. The van der Waals surface area contributed by atoms with Crippen LogP contribution in [0, 0.1) is 16.7 Å². The molecule has 1 amide bonds. The molecule has 0 aromatic carbocycles. The zero-order chi connectivity index (χ0) is 15.1. The third-order valence-electron chi connectivity index (χ3n) is 5.51. The average Bonchev–Trinajstić information content (AvgIpc) is 2.83. The number of piperidine rings is 1. The van der Waals surface area contributed by atoms with Crippen molar-refractivity contribution in [2.24, 2.45) is 16.7 Å². The van der Waals surface area contributed by atoms with Crippen molar-refractivity contribution in [1.29, 1.82) is 0 Å². The molecule has 118 valence electrons. The minimum Gasteiger partial charge on any atom is -0.377 e. The molecule has 2 heterocycles. The Morgan fingerprint density at radius 1 is 1.24 bits per heavy atom. The van der Waals surface area contributed by atoms with Crippen molar-refractivity contribution in [2.45, 2.75) is 52.9 Å². The molecule has 0 aromatic heterocycles. The maximum absolute atomic E-state index is 12.3. The number of hydrogen-bond donors (Lipinski definition) is 0. The van der Waals surface area contributed by atoms with Crippen molar-refractivity contribution in [3.63, 3.8) is 0 Å². The highest BCUT2D eigenvalue weighted by molar-refractivity contribution is 5.76. The Labute approximate surface area is 129 Å². The third-order valence-corrected chi connectivity index (χ3v) is 5.51. The first kappa shape index (κ1) is 14.9. The summed E-state index contributed by atoms with van der Waals surface area (Å²) in [6.07, 6.45) is 10.3. The zero-order valence-corrected chi connectivity index (χ0v) is 13.9. The second-order valence-electron chi connectivity index (χ2n) is 8.55. The van der Waals surface area contributed by atoms with Gasteiger partial charge in [0, 0.05) is 32.6 Å². The van der Waals surface area contributed by atoms with E-state index >= 15 is 0 Å². The predicted molar refractivity (Wildman–Crippen MR) is 85.8 cm³/mol. The monoisotopic (exact) mass is 290 g/mol. The standard InChI is InChI=1S/C18H30N2O/c1-17(2,3)13-16(21)20-10-6-18(7-11-20)12-15(18)14-19-8-4-5-9-19/h4,8,15H,5-7,9-14H2,1-3H3. The van der Waals surface area contributed by atoms with Crippen LogP contribution in [0.2, 0.25) is 0 Å². The first-order valence-electron chi connectivity index (χ1n) is 8.57. The Morgan fingerprint density at radius 3 is 2.52 bits per heavy atom. The molecule has 1 aliphatic carbocycles. The van der Waals surface area contributed by atoms with Crippen molar-refractivity contribution < 1.29 is 4.79 Å². The fraction of sp³-hybridized carbons (Fsp3) is 0.833. The second kappa shape index (κ2) is 5.33. The Morgan fingerprint density at radius 2 is 1.95 bits per heavy atom. The van der Waals surface area contributed by atoms with Crippen LogP contribution in [0.3, 0.4) is 0 Å². The van der Waals surface area contributed by atoms with Crippen LogP contribution in [0.15, 0.2) is 12.3 Å². The number of carbonyl (C=O) groups is 1. The number of hydrogen-bond acceptors (Lipinski definition) is 2. The first-order chi connectivity index (χ1) is 9.88. The van der Waals surface area contributed by atoms with Crippen LogP contribution in [-0.4, -0.2) is 41.9 Å². The Bertz CT molecular complexity index is 427. The van der Waals surface area contributed by atoms with Gasteiger partial charge in [-0.1, -0.05) is 26.8 Å². The van der Waals surface area contributed by atoms with Crippen LogP contribution in [0.5, 0.6) is 0 Å². The molecule has 0 radical (unpaired) electrons. The van der Waals surface area contributed by atoms with Crippen LogP contribution in [0.4, 0.5) is 0 Å². The normalized spacial score (nSPS) is 27.5. The lowest BCUT2D eigenvalue weighted by atomic mass is 9.88. The Kier molecular flexibility index (Phi) is 3.79. The van der Waals surface area contributed by atoms with Gasteiger partial charge in [0.15, 0.2) is 0 Å². The van der Waals surface area contributed by atoms with E-state index in [0.717, 1.165) is 19.0 Å². The van der Waals surface area contributed by atoms with Crippen LogP contribution in [0.25, 0.3) is 0 Å². The van der Waals surface area contributed by atoms with Gasteiger partial charge in [-0.2, -0.15) is 0 Å². The number of carbonyl (C=O) groups excluding carboxylic acids is 1. The van der Waals surface area contributed by atoms with Gasteiger partial charge in [-0.05, 0) is 48.6 Å². The van der Waals surface area contributed by atoms with Crippen LogP contribution in [0.1, 0.15) is 52.9 Å². The van der Waals surface area contributed by atoms with Gasteiger partial charge < -0.3 is 9.80 Å². The molecular formula is C18H30N2O. The van der Waals surface area contributed by atoms with E-state index in [-0.39, 0.29) is 5.41 Å². The predicted octanol–water partition coefficient (Wildman–Crippen LogP) is 3.27. The second-order valence-corrected chi connectivity index (χ2v) is 8.55. The molecule has 2 fully saturated rings. The molecule has 1 saturated carbocycles. The van der Waals surface area contributed by atoms with Crippen molar-refractivity contribution >= 4 is 5.91 Å². The summed E-state index contributed by atoms with van der Waals surface area (Å²) in [5.41, 5.74) is 0.686. The minimum atomic E-state index is 0.108. The lowest BCUT2D eigenvalue weighted by molar-refractivity contribution is -0.134. The number of likely N-dealkylation sites (tertiary alicyclic amines) is 1. The minimum absolute atomic E-state index is 0.108. The van der Waals surface area contributed by atoms with Gasteiger partial charge >= 0.3 is 0 Å². The van der Waals surface area contributed by atoms with Gasteiger partial charge in [0.25, 0.3) is 0 Å². The van der Waals surface area contributed by atoms with E-state index in [1.807, 2.05) is 0 Å². The van der Waals surface area contributed by atoms with E-state index in [4.69, 9.17) is 0 Å². The Hall–Kier alpha value is -0.990. The fourth-order valence-corrected chi connectivity index (χ4v) is 4.04. The number of nitrogens with zero attached hydrogens (tertiary/aromatic N) is 2. The summed E-state index contributed by atoms with van der Waals surface area (Å²) in [7, 11) is 0. The molecule has 3 nitrogen and oxygen atoms in total. The molecule has 0 N–H and O–H groups in total. The largest absolute Gasteiger partial charge is 0.377 e. The molecule has 1 saturated heterocycles. The lowest BCUT2D eigenvalue weighted by Gasteiger charge is -2.35. The summed E-state index contributed by atoms with van der Waals surface area (Å²) < 4.78 is 0. The molecule has 0 bridgehead atoms. The molecule has 1 atom stereocenters. The van der Waals surface area contributed by atoms with Crippen molar-refractivity contribution in [3.05, 3.63) is 12.3 Å². The summed E-state index contributed by atoms with van der Waals surface area (Å²) >= 11 is 0. The topological polar surface area (TPSA) is 23.6 Å². The van der Waals surface area contributed by atoms with Crippen LogP contribution >= 0.6 is 0 Å². The molecule has 0 aromatic rings. The first-order valence-corrected chi connectivity index (χ1v) is 8.57. The van der Waals surface area contributed by atoms with E-state index in [0.29, 0.717) is 17.7 Å². The fourth-order valence-electron chi connectivity index (χ4n) is 4.04. The van der Waals surface area contributed by atoms with Crippen molar-refractivity contribution in [1.82, 2.24) is 9.80 Å². The summed E-state index contributed by atoms with van der Waals surface area (Å²) in [6.45, 7) is 10.9. The third kappa shape index (κ3) is 3.44. The van der Waals surface area contributed by atoms with Crippen molar-refractivity contribution in [2.75, 3.05) is 26.2 Å². The summed E-state index contributed by atoms with van der Waals surface area (Å²) in [6, 6.07) is 0. The van der Waals surface area contributed by atoms with E-state index in [9.17, 15) is 4.79 Å². The highest BCUT2D eigenvalue weighted by atomic mass is 16.2. The summed E-state index contributed by atoms with van der Waals surface area (Å²) in [4.78, 5) is 16.9. The maximum Gasteiger partial charge on any atom is 0.223 e. The number of rotatable bonds is 3. The lowest BCUT2D eigenvalue weighted by Crippen LogP contribution is -2.41. The summed E-state index contributed by atoms with van der Waals surface area (Å²) in [5.74, 6) is 1.23. The molecule has 3 heteroatoms. The number of amides is 1. The van der Waals surface area contributed by atoms with Crippen LogP contribution < -0.4 is 0 Å².